The van der Waals surface area contributed by atoms with E-state index in [0.717, 1.165) is 16.3 Å². The molecular weight excluding hydrogens is 266 g/mol. The fraction of sp³-hybridized carbons (Fsp3) is 0.462. The summed E-state index contributed by atoms with van der Waals surface area (Å²) in [6.45, 7) is 3.44. The molecule has 6 heteroatoms. The van der Waals surface area contributed by atoms with Gasteiger partial charge in [0.15, 0.2) is 0 Å². The van der Waals surface area contributed by atoms with Gasteiger partial charge < -0.3 is 5.11 Å². The molecule has 0 fully saturated rings. The second-order valence-electron chi connectivity index (χ2n) is 4.23. The molecule has 0 aliphatic rings. The van der Waals surface area contributed by atoms with Crippen LogP contribution in [0.4, 0.5) is 0 Å². The number of carboxylic acid groups (broad SMARTS) is 1. The number of rotatable bonds is 7. The van der Waals surface area contributed by atoms with Crippen LogP contribution >= 0.6 is 0 Å². The highest BCUT2D eigenvalue weighted by Gasteiger charge is 2.25. The topological polar surface area (TPSA) is 74.7 Å². The summed E-state index contributed by atoms with van der Waals surface area (Å²) >= 11 is 0. The summed E-state index contributed by atoms with van der Waals surface area (Å²) in [7, 11) is -3.74. The molecule has 1 rings (SSSR count). The van der Waals surface area contributed by atoms with E-state index < -0.39 is 22.5 Å². The zero-order chi connectivity index (χ0) is 14.5. The highest BCUT2D eigenvalue weighted by molar-refractivity contribution is 7.89. The van der Waals surface area contributed by atoms with Crippen LogP contribution < -0.4 is 0 Å². The van der Waals surface area contributed by atoms with E-state index in [1.54, 1.807) is 12.1 Å². The van der Waals surface area contributed by atoms with Gasteiger partial charge in [0.2, 0.25) is 10.0 Å². The standard InChI is InChI=1S/C13H19NO4S/c1-3-8-14(10-13(15)16)19(17,18)12-7-5-6-11(4-2)9-12/h5-7,9H,3-4,8,10H2,1-2H3,(H,15,16). The average molecular weight is 285 g/mol. The molecule has 1 aromatic carbocycles. The largest absolute Gasteiger partial charge is 0.480 e. The van der Waals surface area contributed by atoms with E-state index in [9.17, 15) is 13.2 Å². The number of aliphatic carboxylic acids is 1. The molecule has 0 bridgehead atoms. The number of carbonyl (C=O) groups is 1. The molecule has 19 heavy (non-hydrogen) atoms. The van der Waals surface area contributed by atoms with Crippen LogP contribution in [0.25, 0.3) is 0 Å². The highest BCUT2D eigenvalue weighted by atomic mass is 32.2. The van der Waals surface area contributed by atoms with E-state index in [2.05, 4.69) is 0 Å². The van der Waals surface area contributed by atoms with E-state index in [1.165, 1.54) is 6.07 Å². The van der Waals surface area contributed by atoms with Crippen LogP contribution in [0.2, 0.25) is 0 Å². The van der Waals surface area contributed by atoms with Gasteiger partial charge in [0.1, 0.15) is 6.54 Å². The summed E-state index contributed by atoms with van der Waals surface area (Å²) < 4.78 is 25.8. The Bertz CT molecular complexity index is 539. The molecule has 5 nitrogen and oxygen atoms in total. The Morgan fingerprint density at radius 3 is 2.53 bits per heavy atom. The zero-order valence-electron chi connectivity index (χ0n) is 11.2. The third-order valence-electron chi connectivity index (χ3n) is 2.73. The Morgan fingerprint density at radius 2 is 2.00 bits per heavy atom. The van der Waals surface area contributed by atoms with E-state index in [4.69, 9.17) is 5.11 Å². The van der Waals surface area contributed by atoms with Crippen molar-refractivity contribution >= 4 is 16.0 Å². The molecule has 1 N–H and O–H groups in total. The summed E-state index contributed by atoms with van der Waals surface area (Å²) in [5, 5.41) is 8.82. The van der Waals surface area contributed by atoms with Crippen LogP contribution in [0.3, 0.4) is 0 Å². The molecule has 0 amide bonds. The third-order valence-corrected chi connectivity index (χ3v) is 4.57. The van der Waals surface area contributed by atoms with E-state index in [0.29, 0.717) is 6.42 Å². The quantitative estimate of drug-likeness (QED) is 0.828. The summed E-state index contributed by atoms with van der Waals surface area (Å²) in [5.41, 5.74) is 0.910. The first-order valence-corrected chi connectivity index (χ1v) is 7.66. The SMILES string of the molecule is CCCN(CC(=O)O)S(=O)(=O)c1cccc(CC)c1. The predicted molar refractivity (Wildman–Crippen MR) is 72.5 cm³/mol. The molecule has 0 spiro atoms. The van der Waals surface area contributed by atoms with Gasteiger partial charge in [-0.2, -0.15) is 4.31 Å². The molecule has 0 unspecified atom stereocenters. The fourth-order valence-corrected chi connectivity index (χ4v) is 3.31. The van der Waals surface area contributed by atoms with Crippen LogP contribution in [-0.4, -0.2) is 36.9 Å². The molecule has 0 aromatic heterocycles. The maximum absolute atomic E-state index is 12.4. The number of hydrogen-bond donors (Lipinski definition) is 1. The lowest BCUT2D eigenvalue weighted by Gasteiger charge is -2.19. The molecule has 106 valence electrons. The van der Waals surface area contributed by atoms with Gasteiger partial charge in [-0.25, -0.2) is 8.42 Å². The molecule has 0 heterocycles. The van der Waals surface area contributed by atoms with Crippen molar-refractivity contribution in [3.8, 4) is 0 Å². The first-order valence-electron chi connectivity index (χ1n) is 6.22. The smallest absolute Gasteiger partial charge is 0.318 e. The Morgan fingerprint density at radius 1 is 1.32 bits per heavy atom. The summed E-state index contributed by atoms with van der Waals surface area (Å²) in [4.78, 5) is 10.9. The fourth-order valence-electron chi connectivity index (χ4n) is 1.76. The molecule has 0 saturated heterocycles. The summed E-state index contributed by atoms with van der Waals surface area (Å²) in [6, 6.07) is 6.62. The molecule has 0 saturated carbocycles. The minimum Gasteiger partial charge on any atom is -0.480 e. The van der Waals surface area contributed by atoms with Crippen molar-refractivity contribution in [2.45, 2.75) is 31.6 Å². The van der Waals surface area contributed by atoms with Crippen molar-refractivity contribution in [3.05, 3.63) is 29.8 Å². The third kappa shape index (κ3) is 4.04. The monoisotopic (exact) mass is 285 g/mol. The lowest BCUT2D eigenvalue weighted by molar-refractivity contribution is -0.137. The average Bonchev–Trinajstić information content (AvgIpc) is 2.38. The minimum absolute atomic E-state index is 0.154. The minimum atomic E-state index is -3.74. The molecule has 0 aliphatic carbocycles. The second kappa shape index (κ2) is 6.68. The van der Waals surface area contributed by atoms with Crippen molar-refractivity contribution in [1.29, 1.82) is 0 Å². The van der Waals surface area contributed by atoms with Gasteiger partial charge in [0.05, 0.1) is 4.90 Å². The van der Waals surface area contributed by atoms with Gasteiger partial charge in [-0.3, -0.25) is 4.79 Å². The van der Waals surface area contributed by atoms with Crippen molar-refractivity contribution in [2.24, 2.45) is 0 Å². The summed E-state index contributed by atoms with van der Waals surface area (Å²) in [5.74, 6) is -1.15. The van der Waals surface area contributed by atoms with Crippen molar-refractivity contribution in [2.75, 3.05) is 13.1 Å². The molecule has 0 atom stereocenters. The molecule has 1 aromatic rings. The number of carboxylic acids is 1. The number of aryl methyl sites for hydroxylation is 1. The van der Waals surface area contributed by atoms with Crippen molar-refractivity contribution in [1.82, 2.24) is 4.31 Å². The normalized spacial score (nSPS) is 11.7. The highest BCUT2D eigenvalue weighted by Crippen LogP contribution is 2.17. The van der Waals surface area contributed by atoms with E-state index in [-0.39, 0.29) is 11.4 Å². The lowest BCUT2D eigenvalue weighted by atomic mass is 10.2. The second-order valence-corrected chi connectivity index (χ2v) is 6.17. The van der Waals surface area contributed by atoms with Gasteiger partial charge in [-0.1, -0.05) is 26.0 Å². The van der Waals surface area contributed by atoms with Crippen molar-refractivity contribution in [3.63, 3.8) is 0 Å². The van der Waals surface area contributed by atoms with Gasteiger partial charge in [-0.05, 0) is 30.5 Å². The van der Waals surface area contributed by atoms with Crippen LogP contribution in [0, 0.1) is 0 Å². The predicted octanol–water partition coefficient (Wildman–Crippen LogP) is 1.73. The lowest BCUT2D eigenvalue weighted by Crippen LogP contribution is -2.36. The van der Waals surface area contributed by atoms with Crippen LogP contribution in [0.1, 0.15) is 25.8 Å². The zero-order valence-corrected chi connectivity index (χ0v) is 12.0. The maximum Gasteiger partial charge on any atom is 0.318 e. The van der Waals surface area contributed by atoms with E-state index >= 15 is 0 Å². The maximum atomic E-state index is 12.4. The Balaban J connectivity index is 3.14. The van der Waals surface area contributed by atoms with Crippen LogP contribution in [-0.2, 0) is 21.2 Å². The van der Waals surface area contributed by atoms with Crippen LogP contribution in [0.5, 0.6) is 0 Å². The van der Waals surface area contributed by atoms with Gasteiger partial charge in [0, 0.05) is 6.54 Å². The Kier molecular flexibility index (Phi) is 5.50. The summed E-state index contributed by atoms with van der Waals surface area (Å²) in [6.07, 6.45) is 1.30. The number of nitrogens with zero attached hydrogens (tertiary/aromatic N) is 1. The molecule has 0 radical (unpaired) electrons. The van der Waals surface area contributed by atoms with Gasteiger partial charge in [-0.15, -0.1) is 0 Å². The first-order chi connectivity index (χ1) is 8.91. The first kappa shape index (κ1) is 15.7. The molecule has 0 aliphatic heterocycles. The number of sulfonamides is 1. The number of hydrogen-bond acceptors (Lipinski definition) is 3. The van der Waals surface area contributed by atoms with Gasteiger partial charge in [0.25, 0.3) is 0 Å². The Labute approximate surface area is 113 Å². The number of benzene rings is 1. The molecular formula is C13H19NO4S. The van der Waals surface area contributed by atoms with Crippen molar-refractivity contribution < 1.29 is 18.3 Å². The Hall–Kier alpha value is -1.40. The van der Waals surface area contributed by atoms with Crippen LogP contribution in [0.15, 0.2) is 29.2 Å². The van der Waals surface area contributed by atoms with E-state index in [1.807, 2.05) is 19.9 Å². The van der Waals surface area contributed by atoms with Gasteiger partial charge >= 0.3 is 5.97 Å².